The van der Waals surface area contributed by atoms with Gasteiger partial charge in [0.25, 0.3) is 0 Å². The first-order chi connectivity index (χ1) is 10.2. The molecule has 0 atom stereocenters. The molecule has 0 unspecified atom stereocenters. The van der Waals surface area contributed by atoms with Crippen LogP contribution in [-0.2, 0) is 0 Å². The van der Waals surface area contributed by atoms with Gasteiger partial charge in [-0.2, -0.15) is 0 Å². The summed E-state index contributed by atoms with van der Waals surface area (Å²) in [6, 6.07) is 11.5. The first kappa shape index (κ1) is 13.4. The molecule has 0 fully saturated rings. The lowest BCUT2D eigenvalue weighted by Gasteiger charge is -2.26. The molecule has 0 radical (unpaired) electrons. The molecule has 3 rings (SSSR count). The van der Waals surface area contributed by atoms with Gasteiger partial charge < -0.3 is 24.8 Å². The number of para-hydroxylation sites is 2. The highest BCUT2D eigenvalue weighted by Crippen LogP contribution is 2.42. The van der Waals surface area contributed by atoms with Gasteiger partial charge in [0.15, 0.2) is 11.5 Å². The fraction of sp³-hybridized carbons (Fsp3) is 0.250. The Bertz CT molecular complexity index is 658. The minimum Gasteiger partial charge on any atom is -0.495 e. The van der Waals surface area contributed by atoms with E-state index in [0.29, 0.717) is 30.4 Å². The van der Waals surface area contributed by atoms with Crippen LogP contribution in [0.15, 0.2) is 36.4 Å². The highest BCUT2D eigenvalue weighted by atomic mass is 16.6. The van der Waals surface area contributed by atoms with Crippen molar-refractivity contribution < 1.29 is 14.2 Å². The molecule has 1 aliphatic heterocycles. The number of nitrogens with zero attached hydrogens (tertiary/aromatic N) is 1. The van der Waals surface area contributed by atoms with Crippen molar-refractivity contribution in [3.05, 3.63) is 36.4 Å². The van der Waals surface area contributed by atoms with E-state index in [4.69, 9.17) is 19.9 Å². The van der Waals surface area contributed by atoms with Gasteiger partial charge in [0, 0.05) is 19.2 Å². The Balaban J connectivity index is 2.03. The van der Waals surface area contributed by atoms with Crippen LogP contribution in [0.25, 0.3) is 0 Å². The Hall–Kier alpha value is -2.56. The molecule has 2 N–H and O–H groups in total. The summed E-state index contributed by atoms with van der Waals surface area (Å²) < 4.78 is 16.6. The Labute approximate surface area is 123 Å². The number of ether oxygens (including phenoxy) is 3. The molecular formula is C16H18N2O3. The van der Waals surface area contributed by atoms with Gasteiger partial charge in [-0.1, -0.05) is 12.1 Å². The maximum Gasteiger partial charge on any atom is 0.163 e. The Morgan fingerprint density at radius 2 is 1.71 bits per heavy atom. The molecule has 1 aliphatic rings. The molecule has 0 saturated carbocycles. The first-order valence-electron chi connectivity index (χ1n) is 6.76. The van der Waals surface area contributed by atoms with Gasteiger partial charge >= 0.3 is 0 Å². The average molecular weight is 286 g/mol. The third kappa shape index (κ3) is 2.42. The van der Waals surface area contributed by atoms with Crippen LogP contribution in [0.1, 0.15) is 0 Å². The van der Waals surface area contributed by atoms with Crippen molar-refractivity contribution in [2.75, 3.05) is 38.0 Å². The second-order valence-electron chi connectivity index (χ2n) is 4.79. The fourth-order valence-electron chi connectivity index (χ4n) is 2.42. The maximum atomic E-state index is 6.16. The van der Waals surface area contributed by atoms with Gasteiger partial charge in [0.05, 0.1) is 24.2 Å². The Morgan fingerprint density at radius 3 is 2.43 bits per heavy atom. The largest absolute Gasteiger partial charge is 0.495 e. The molecule has 5 nitrogen and oxygen atoms in total. The standard InChI is InChI=1S/C16H18N2O3/c1-18(12-5-3-4-6-14(12)19-2)13-10-16-15(9-11(13)17)20-7-8-21-16/h3-6,9-10H,7-8,17H2,1-2H3. The summed E-state index contributed by atoms with van der Waals surface area (Å²) in [6.07, 6.45) is 0. The lowest BCUT2D eigenvalue weighted by molar-refractivity contribution is 0.172. The van der Waals surface area contributed by atoms with Crippen molar-refractivity contribution in [1.82, 2.24) is 0 Å². The summed E-state index contributed by atoms with van der Waals surface area (Å²) in [5.74, 6) is 2.19. The van der Waals surface area contributed by atoms with E-state index in [0.717, 1.165) is 17.1 Å². The number of nitrogen functional groups attached to an aromatic ring is 1. The number of hydrogen-bond acceptors (Lipinski definition) is 5. The van der Waals surface area contributed by atoms with E-state index >= 15 is 0 Å². The van der Waals surface area contributed by atoms with Crippen LogP contribution in [0.5, 0.6) is 17.2 Å². The highest BCUT2D eigenvalue weighted by molar-refractivity contribution is 5.80. The van der Waals surface area contributed by atoms with E-state index in [1.807, 2.05) is 42.3 Å². The summed E-state index contributed by atoms with van der Waals surface area (Å²) in [7, 11) is 3.60. The predicted molar refractivity (Wildman–Crippen MR) is 82.9 cm³/mol. The minimum atomic E-state index is 0.550. The molecule has 0 spiro atoms. The first-order valence-corrected chi connectivity index (χ1v) is 6.76. The number of rotatable bonds is 3. The topological polar surface area (TPSA) is 57.0 Å². The van der Waals surface area contributed by atoms with E-state index in [-0.39, 0.29) is 0 Å². The quantitative estimate of drug-likeness (QED) is 0.879. The predicted octanol–water partition coefficient (Wildman–Crippen LogP) is 2.82. The van der Waals surface area contributed by atoms with Crippen molar-refractivity contribution >= 4 is 17.1 Å². The highest BCUT2D eigenvalue weighted by Gasteiger charge is 2.18. The molecule has 0 saturated heterocycles. The summed E-state index contributed by atoms with van der Waals surface area (Å²) in [6.45, 7) is 1.10. The summed E-state index contributed by atoms with van der Waals surface area (Å²) >= 11 is 0. The molecule has 110 valence electrons. The number of methoxy groups -OCH3 is 1. The molecule has 0 aromatic heterocycles. The molecule has 2 aromatic rings. The van der Waals surface area contributed by atoms with Crippen LogP contribution >= 0.6 is 0 Å². The SMILES string of the molecule is COc1ccccc1N(C)c1cc2c(cc1N)OCCO2. The van der Waals surface area contributed by atoms with E-state index in [1.165, 1.54) is 0 Å². The van der Waals surface area contributed by atoms with Crippen molar-refractivity contribution in [3.63, 3.8) is 0 Å². The van der Waals surface area contributed by atoms with Crippen LogP contribution < -0.4 is 24.8 Å². The molecule has 21 heavy (non-hydrogen) atoms. The monoisotopic (exact) mass is 286 g/mol. The number of hydrogen-bond donors (Lipinski definition) is 1. The van der Waals surface area contributed by atoms with Crippen molar-refractivity contribution in [2.24, 2.45) is 0 Å². The molecule has 1 heterocycles. The van der Waals surface area contributed by atoms with Crippen LogP contribution in [0, 0.1) is 0 Å². The van der Waals surface area contributed by atoms with Crippen LogP contribution in [0.2, 0.25) is 0 Å². The smallest absolute Gasteiger partial charge is 0.163 e. The zero-order valence-electron chi connectivity index (χ0n) is 12.1. The number of benzene rings is 2. The summed E-state index contributed by atoms with van der Waals surface area (Å²) in [5, 5.41) is 0. The van der Waals surface area contributed by atoms with Gasteiger partial charge in [-0.3, -0.25) is 0 Å². The Kier molecular flexibility index (Phi) is 3.48. The molecule has 0 bridgehead atoms. The van der Waals surface area contributed by atoms with E-state index < -0.39 is 0 Å². The fourth-order valence-corrected chi connectivity index (χ4v) is 2.42. The third-order valence-corrected chi connectivity index (χ3v) is 3.50. The van der Waals surface area contributed by atoms with Crippen LogP contribution in [-0.4, -0.2) is 27.4 Å². The summed E-state index contributed by atoms with van der Waals surface area (Å²) in [5.41, 5.74) is 8.57. The van der Waals surface area contributed by atoms with Crippen molar-refractivity contribution in [1.29, 1.82) is 0 Å². The molecule has 2 aromatic carbocycles. The van der Waals surface area contributed by atoms with Gasteiger partial charge in [-0.05, 0) is 12.1 Å². The molecular weight excluding hydrogens is 268 g/mol. The summed E-state index contributed by atoms with van der Waals surface area (Å²) in [4.78, 5) is 1.98. The van der Waals surface area contributed by atoms with Crippen molar-refractivity contribution in [3.8, 4) is 17.2 Å². The average Bonchev–Trinajstić information content (AvgIpc) is 2.53. The number of nitrogens with two attached hydrogens (primary N) is 1. The van der Waals surface area contributed by atoms with Crippen molar-refractivity contribution in [2.45, 2.75) is 0 Å². The zero-order chi connectivity index (χ0) is 14.8. The number of fused-ring (bicyclic) bond motifs is 1. The van der Waals surface area contributed by atoms with Gasteiger partial charge in [0.1, 0.15) is 19.0 Å². The van der Waals surface area contributed by atoms with Crippen LogP contribution in [0.4, 0.5) is 17.1 Å². The number of anilines is 3. The molecule has 5 heteroatoms. The van der Waals surface area contributed by atoms with Gasteiger partial charge in [0.2, 0.25) is 0 Å². The van der Waals surface area contributed by atoms with Gasteiger partial charge in [-0.25, -0.2) is 0 Å². The molecule has 0 aliphatic carbocycles. The lowest BCUT2D eigenvalue weighted by atomic mass is 10.2. The minimum absolute atomic E-state index is 0.550. The third-order valence-electron chi connectivity index (χ3n) is 3.50. The lowest BCUT2D eigenvalue weighted by Crippen LogP contribution is -2.18. The second kappa shape index (κ2) is 5.44. The van der Waals surface area contributed by atoms with Crippen LogP contribution in [0.3, 0.4) is 0 Å². The normalized spacial score (nSPS) is 12.9. The maximum absolute atomic E-state index is 6.16. The van der Waals surface area contributed by atoms with E-state index in [1.54, 1.807) is 13.2 Å². The zero-order valence-corrected chi connectivity index (χ0v) is 12.1. The van der Waals surface area contributed by atoms with E-state index in [9.17, 15) is 0 Å². The van der Waals surface area contributed by atoms with E-state index in [2.05, 4.69) is 0 Å². The second-order valence-corrected chi connectivity index (χ2v) is 4.79. The van der Waals surface area contributed by atoms with Gasteiger partial charge in [-0.15, -0.1) is 0 Å². The molecule has 0 amide bonds. The Morgan fingerprint density at radius 1 is 1.05 bits per heavy atom.